The number of nitrogens with two attached hydrogens (primary N) is 1. The highest BCUT2D eigenvalue weighted by Gasteiger charge is 2.00. The van der Waals surface area contributed by atoms with Crippen LogP contribution in [0, 0.1) is 5.92 Å². The minimum absolute atomic E-state index is 0.653. The maximum absolute atomic E-state index is 5.49. The van der Waals surface area contributed by atoms with Gasteiger partial charge in [-0.15, -0.1) is 0 Å². The highest BCUT2D eigenvalue weighted by atomic mass is 14.9. The van der Waals surface area contributed by atoms with Crippen molar-refractivity contribution in [2.24, 2.45) is 11.7 Å². The molecule has 0 fully saturated rings. The highest BCUT2D eigenvalue weighted by Crippen LogP contribution is 1.97. The summed E-state index contributed by atoms with van der Waals surface area (Å²) >= 11 is 0. The molecule has 0 rings (SSSR count). The van der Waals surface area contributed by atoms with Crippen LogP contribution in [0.2, 0.25) is 0 Å². The number of hydrogen-bond donors (Lipinski definition) is 2. The fraction of sp³-hybridized carbons (Fsp3) is 1.00. The van der Waals surface area contributed by atoms with Crippen LogP contribution in [0.4, 0.5) is 0 Å². The van der Waals surface area contributed by atoms with Gasteiger partial charge in [-0.2, -0.15) is 0 Å². The lowest BCUT2D eigenvalue weighted by Crippen LogP contribution is -2.28. The van der Waals surface area contributed by atoms with E-state index in [4.69, 9.17) is 5.73 Å². The van der Waals surface area contributed by atoms with Gasteiger partial charge in [-0.3, -0.25) is 0 Å². The molecule has 2 atom stereocenters. The summed E-state index contributed by atoms with van der Waals surface area (Å²) < 4.78 is 0. The molecule has 3 N–H and O–H groups in total. The van der Waals surface area contributed by atoms with Gasteiger partial charge in [0.25, 0.3) is 0 Å². The first-order chi connectivity index (χ1) is 5.20. The summed E-state index contributed by atoms with van der Waals surface area (Å²) in [5.74, 6) is 0.659. The lowest BCUT2D eigenvalue weighted by Gasteiger charge is -2.13. The zero-order valence-corrected chi connectivity index (χ0v) is 8.06. The van der Waals surface area contributed by atoms with Crippen molar-refractivity contribution in [3.8, 4) is 0 Å². The van der Waals surface area contributed by atoms with Gasteiger partial charge in [-0.05, 0) is 38.8 Å². The average Bonchev–Trinajstić information content (AvgIpc) is 2.04. The Morgan fingerprint density at radius 1 is 1.36 bits per heavy atom. The van der Waals surface area contributed by atoms with E-state index >= 15 is 0 Å². The Balaban J connectivity index is 3.13. The van der Waals surface area contributed by atoms with Crippen LogP contribution >= 0.6 is 0 Å². The Morgan fingerprint density at radius 3 is 2.45 bits per heavy atom. The molecule has 0 saturated carbocycles. The van der Waals surface area contributed by atoms with Gasteiger partial charge in [0.2, 0.25) is 0 Å². The minimum Gasteiger partial charge on any atom is -0.330 e. The molecule has 0 aromatic rings. The fourth-order valence-electron chi connectivity index (χ4n) is 0.838. The Kier molecular flexibility index (Phi) is 6.57. The van der Waals surface area contributed by atoms with Crippen LogP contribution in [0.3, 0.4) is 0 Å². The van der Waals surface area contributed by atoms with Crippen LogP contribution in [-0.4, -0.2) is 19.1 Å². The van der Waals surface area contributed by atoms with Crippen molar-refractivity contribution in [1.29, 1.82) is 0 Å². The molecule has 2 unspecified atom stereocenters. The third kappa shape index (κ3) is 6.32. The Hall–Kier alpha value is -0.0800. The molecule has 0 radical (unpaired) electrons. The molecule has 0 aliphatic rings. The van der Waals surface area contributed by atoms with E-state index in [-0.39, 0.29) is 0 Å². The quantitative estimate of drug-likeness (QED) is 0.612. The normalized spacial score (nSPS) is 16.4. The first kappa shape index (κ1) is 10.9. The molecule has 0 spiro atoms. The second-order valence-corrected chi connectivity index (χ2v) is 3.39. The van der Waals surface area contributed by atoms with Gasteiger partial charge < -0.3 is 11.1 Å². The van der Waals surface area contributed by atoms with Gasteiger partial charge in [0.15, 0.2) is 0 Å². The van der Waals surface area contributed by atoms with E-state index in [9.17, 15) is 0 Å². The smallest absolute Gasteiger partial charge is 0.00361 e. The number of rotatable bonds is 6. The third-order valence-corrected chi connectivity index (χ3v) is 2.14. The van der Waals surface area contributed by atoms with Gasteiger partial charge in [0.1, 0.15) is 0 Å². The summed E-state index contributed by atoms with van der Waals surface area (Å²) in [4.78, 5) is 0. The van der Waals surface area contributed by atoms with E-state index in [1.807, 2.05) is 0 Å². The van der Waals surface area contributed by atoms with E-state index in [0.29, 0.717) is 12.0 Å². The molecule has 0 aromatic carbocycles. The summed E-state index contributed by atoms with van der Waals surface area (Å²) in [6, 6.07) is 0.653. The van der Waals surface area contributed by atoms with E-state index in [1.165, 1.54) is 12.8 Å². The zero-order chi connectivity index (χ0) is 8.69. The molecule has 0 aliphatic carbocycles. The van der Waals surface area contributed by atoms with Gasteiger partial charge >= 0.3 is 0 Å². The van der Waals surface area contributed by atoms with Crippen molar-refractivity contribution in [1.82, 2.24) is 5.32 Å². The third-order valence-electron chi connectivity index (χ3n) is 2.14. The molecule has 0 amide bonds. The predicted octanol–water partition coefficient (Wildman–Crippen LogP) is 1.36. The number of nitrogens with one attached hydrogen (secondary N) is 1. The van der Waals surface area contributed by atoms with Crippen LogP contribution in [0.1, 0.15) is 33.6 Å². The van der Waals surface area contributed by atoms with Gasteiger partial charge in [0.05, 0.1) is 0 Å². The van der Waals surface area contributed by atoms with E-state index in [0.717, 1.165) is 13.1 Å². The standard InChI is InChI=1S/C9H22N2/c1-4-9(3)11-6-5-8(2)7-10/h8-9,11H,4-7,10H2,1-3H3. The van der Waals surface area contributed by atoms with Crippen LogP contribution in [0.25, 0.3) is 0 Å². The summed E-state index contributed by atoms with van der Waals surface area (Å²) in [6.07, 6.45) is 2.40. The van der Waals surface area contributed by atoms with Gasteiger partial charge in [0, 0.05) is 6.04 Å². The van der Waals surface area contributed by atoms with Crippen LogP contribution < -0.4 is 11.1 Å². The van der Waals surface area contributed by atoms with Gasteiger partial charge in [-0.25, -0.2) is 0 Å². The van der Waals surface area contributed by atoms with E-state index in [1.54, 1.807) is 0 Å². The SMILES string of the molecule is CCC(C)NCCC(C)CN. The molecule has 0 heterocycles. The maximum atomic E-state index is 5.49. The van der Waals surface area contributed by atoms with Gasteiger partial charge in [-0.1, -0.05) is 13.8 Å². The van der Waals surface area contributed by atoms with Crippen molar-refractivity contribution in [2.45, 2.75) is 39.7 Å². The molecule has 2 nitrogen and oxygen atoms in total. The molecule has 0 aliphatic heterocycles. The lowest BCUT2D eigenvalue weighted by atomic mass is 10.1. The Morgan fingerprint density at radius 2 is 2.00 bits per heavy atom. The zero-order valence-electron chi connectivity index (χ0n) is 8.06. The summed E-state index contributed by atoms with van der Waals surface area (Å²) in [5, 5.41) is 3.44. The van der Waals surface area contributed by atoms with E-state index in [2.05, 4.69) is 26.1 Å². The lowest BCUT2D eigenvalue weighted by molar-refractivity contribution is 0.465. The molecular weight excluding hydrogens is 136 g/mol. The van der Waals surface area contributed by atoms with Crippen molar-refractivity contribution in [3.63, 3.8) is 0 Å². The maximum Gasteiger partial charge on any atom is 0.00361 e. The predicted molar refractivity (Wildman–Crippen MR) is 50.6 cm³/mol. The fourth-order valence-corrected chi connectivity index (χ4v) is 0.838. The first-order valence-corrected chi connectivity index (χ1v) is 4.64. The largest absolute Gasteiger partial charge is 0.330 e. The summed E-state index contributed by atoms with van der Waals surface area (Å²) in [5.41, 5.74) is 5.49. The molecule has 2 heteroatoms. The Bertz CT molecular complexity index is 73.6. The Labute approximate surface area is 70.5 Å². The molecule has 0 aromatic heterocycles. The van der Waals surface area contributed by atoms with Crippen molar-refractivity contribution >= 4 is 0 Å². The average molecular weight is 158 g/mol. The van der Waals surface area contributed by atoms with Crippen LogP contribution in [-0.2, 0) is 0 Å². The van der Waals surface area contributed by atoms with Crippen molar-refractivity contribution < 1.29 is 0 Å². The summed E-state index contributed by atoms with van der Waals surface area (Å²) in [7, 11) is 0. The first-order valence-electron chi connectivity index (χ1n) is 4.64. The second-order valence-electron chi connectivity index (χ2n) is 3.39. The topological polar surface area (TPSA) is 38.0 Å². The summed E-state index contributed by atoms with van der Waals surface area (Å²) in [6.45, 7) is 8.52. The number of hydrogen-bond acceptors (Lipinski definition) is 2. The van der Waals surface area contributed by atoms with Crippen molar-refractivity contribution in [3.05, 3.63) is 0 Å². The monoisotopic (exact) mass is 158 g/mol. The second kappa shape index (κ2) is 6.62. The molecule has 0 saturated heterocycles. The molecule has 0 bridgehead atoms. The molecule has 11 heavy (non-hydrogen) atoms. The van der Waals surface area contributed by atoms with Crippen molar-refractivity contribution in [2.75, 3.05) is 13.1 Å². The van der Waals surface area contributed by atoms with Crippen LogP contribution in [0.5, 0.6) is 0 Å². The highest BCUT2D eigenvalue weighted by molar-refractivity contribution is 4.60. The molecular formula is C9H22N2. The van der Waals surface area contributed by atoms with Crippen LogP contribution in [0.15, 0.2) is 0 Å². The minimum atomic E-state index is 0.653. The van der Waals surface area contributed by atoms with E-state index < -0.39 is 0 Å². The molecule has 68 valence electrons.